The van der Waals surface area contributed by atoms with E-state index >= 15 is 0 Å². The van der Waals surface area contributed by atoms with E-state index in [2.05, 4.69) is 130 Å². The minimum Gasteiger partial charge on any atom is -0.462 e. The predicted molar refractivity (Wildman–Crippen MR) is 279 cm³/mol. The van der Waals surface area contributed by atoms with E-state index in [4.69, 9.17) is 14.2 Å². The molecule has 1 atom stereocenters. The van der Waals surface area contributed by atoms with Gasteiger partial charge in [-0.2, -0.15) is 0 Å². The summed E-state index contributed by atoms with van der Waals surface area (Å²) in [6, 6.07) is 0. The van der Waals surface area contributed by atoms with Gasteiger partial charge in [0.2, 0.25) is 0 Å². The largest absolute Gasteiger partial charge is 0.462 e. The first-order valence-electron chi connectivity index (χ1n) is 26.0. The van der Waals surface area contributed by atoms with Crippen molar-refractivity contribution in [3.05, 3.63) is 122 Å². The lowest BCUT2D eigenvalue weighted by Gasteiger charge is -2.18. The lowest BCUT2D eigenvalue weighted by molar-refractivity contribution is -0.166. The highest BCUT2D eigenvalue weighted by molar-refractivity contribution is 5.71. The molecule has 65 heavy (non-hydrogen) atoms. The number of carbonyl (C=O) groups is 3. The van der Waals surface area contributed by atoms with Gasteiger partial charge in [0.1, 0.15) is 13.2 Å². The maximum Gasteiger partial charge on any atom is 0.306 e. The Hall–Kier alpha value is -4.19. The smallest absolute Gasteiger partial charge is 0.306 e. The van der Waals surface area contributed by atoms with Crippen molar-refractivity contribution in [2.24, 2.45) is 0 Å². The van der Waals surface area contributed by atoms with Crippen LogP contribution in [0.25, 0.3) is 0 Å². The van der Waals surface area contributed by atoms with Crippen molar-refractivity contribution in [2.45, 2.75) is 219 Å². The van der Waals surface area contributed by atoms with Crippen LogP contribution in [0.3, 0.4) is 0 Å². The van der Waals surface area contributed by atoms with E-state index in [1.807, 2.05) is 12.2 Å². The molecule has 0 aliphatic heterocycles. The van der Waals surface area contributed by atoms with Crippen LogP contribution in [0.4, 0.5) is 0 Å². The molecule has 366 valence electrons. The van der Waals surface area contributed by atoms with Gasteiger partial charge in [0, 0.05) is 19.3 Å². The molecular weight excluding hydrogens is 805 g/mol. The van der Waals surface area contributed by atoms with Crippen molar-refractivity contribution in [1.29, 1.82) is 0 Å². The Kier molecular flexibility index (Phi) is 49.1. The molecule has 0 aliphatic carbocycles. The molecule has 0 N–H and O–H groups in total. The van der Waals surface area contributed by atoms with E-state index in [0.717, 1.165) is 96.3 Å². The normalized spacial score (nSPS) is 13.1. The molecule has 0 rings (SSSR count). The Morgan fingerprint density at radius 3 is 1.11 bits per heavy atom. The number of rotatable bonds is 45. The first-order chi connectivity index (χ1) is 32.0. The van der Waals surface area contributed by atoms with Crippen LogP contribution in [0, 0.1) is 0 Å². The van der Waals surface area contributed by atoms with Crippen LogP contribution in [0.5, 0.6) is 0 Å². The van der Waals surface area contributed by atoms with E-state index in [-0.39, 0.29) is 50.4 Å². The number of allylic oxidation sites excluding steroid dienone is 20. The summed E-state index contributed by atoms with van der Waals surface area (Å²) in [6.45, 7) is 6.35. The van der Waals surface area contributed by atoms with Crippen LogP contribution < -0.4 is 0 Å². The average molecular weight is 899 g/mol. The van der Waals surface area contributed by atoms with Crippen LogP contribution in [-0.4, -0.2) is 37.2 Å². The fourth-order valence-electron chi connectivity index (χ4n) is 6.53. The van der Waals surface area contributed by atoms with Crippen LogP contribution in [0.2, 0.25) is 0 Å². The third kappa shape index (κ3) is 50.7. The quantitative estimate of drug-likeness (QED) is 0.0262. The number of unbranched alkanes of at least 4 members (excludes halogenated alkanes) is 14. The standard InChI is InChI=1S/C59H94O6/c1-4-7-10-13-16-19-22-25-27-28-29-30-32-35-37-40-43-46-49-52-58(61)64-55-56(65-59(62)53-50-47-44-41-38-33-24-21-18-15-12-9-6-3)54-63-57(60)51-48-45-42-39-36-34-31-26-23-20-17-14-11-8-5-2/h8,11,16-17,19-21,24-27,29-31,35-37,39,43,46,56H,4-7,9-10,12-15,18,22-23,28,32-34,38,40-42,44-45,47-55H2,1-3H3/b11-8-,19-16-,20-17-,24-21-,27-25-,30-29-,31-26-,37-35-,39-36-,46-43-/t56-/m1/s1. The van der Waals surface area contributed by atoms with Crippen molar-refractivity contribution in [1.82, 2.24) is 0 Å². The number of hydrogen-bond acceptors (Lipinski definition) is 6. The highest BCUT2D eigenvalue weighted by atomic mass is 16.6. The van der Waals surface area contributed by atoms with Gasteiger partial charge in [-0.3, -0.25) is 14.4 Å². The summed E-state index contributed by atoms with van der Waals surface area (Å²) in [6.07, 6.45) is 71.9. The van der Waals surface area contributed by atoms with Gasteiger partial charge in [-0.1, -0.05) is 194 Å². The van der Waals surface area contributed by atoms with E-state index in [1.165, 1.54) is 64.2 Å². The third-order valence-electron chi connectivity index (χ3n) is 10.4. The fourth-order valence-corrected chi connectivity index (χ4v) is 6.53. The summed E-state index contributed by atoms with van der Waals surface area (Å²) in [4.78, 5) is 37.9. The van der Waals surface area contributed by atoms with Crippen LogP contribution >= 0.6 is 0 Å². The first kappa shape index (κ1) is 60.8. The lowest BCUT2D eigenvalue weighted by Crippen LogP contribution is -2.30. The lowest BCUT2D eigenvalue weighted by atomic mass is 10.1. The minimum atomic E-state index is -0.832. The number of carbonyl (C=O) groups excluding carboxylic acids is 3. The second kappa shape index (κ2) is 52.4. The molecule has 0 bridgehead atoms. The van der Waals surface area contributed by atoms with Gasteiger partial charge >= 0.3 is 17.9 Å². The molecule has 0 heterocycles. The van der Waals surface area contributed by atoms with Crippen LogP contribution in [0.15, 0.2) is 122 Å². The number of esters is 3. The molecule has 6 nitrogen and oxygen atoms in total. The topological polar surface area (TPSA) is 78.9 Å². The van der Waals surface area contributed by atoms with E-state index in [0.29, 0.717) is 12.8 Å². The molecule has 0 amide bonds. The van der Waals surface area contributed by atoms with Crippen molar-refractivity contribution >= 4 is 17.9 Å². The van der Waals surface area contributed by atoms with Gasteiger partial charge in [0.15, 0.2) is 6.10 Å². The monoisotopic (exact) mass is 899 g/mol. The van der Waals surface area contributed by atoms with E-state index < -0.39 is 6.10 Å². The van der Waals surface area contributed by atoms with Crippen molar-refractivity contribution in [3.63, 3.8) is 0 Å². The molecule has 0 aliphatic rings. The predicted octanol–water partition coefficient (Wildman–Crippen LogP) is 17.3. The Bertz CT molecular complexity index is 1400. The minimum absolute atomic E-state index is 0.129. The van der Waals surface area contributed by atoms with E-state index in [9.17, 15) is 14.4 Å². The van der Waals surface area contributed by atoms with Crippen LogP contribution in [-0.2, 0) is 28.6 Å². The zero-order valence-corrected chi connectivity index (χ0v) is 41.7. The summed E-state index contributed by atoms with van der Waals surface area (Å²) in [5.41, 5.74) is 0. The fraction of sp³-hybridized carbons (Fsp3) is 0.610. The van der Waals surface area contributed by atoms with Crippen molar-refractivity contribution in [2.75, 3.05) is 13.2 Å². The van der Waals surface area contributed by atoms with Gasteiger partial charge in [-0.05, 0) is 122 Å². The molecule has 6 heteroatoms. The molecule has 0 unspecified atom stereocenters. The maximum absolute atomic E-state index is 12.8. The third-order valence-corrected chi connectivity index (χ3v) is 10.4. The molecule has 0 radical (unpaired) electrons. The van der Waals surface area contributed by atoms with Gasteiger partial charge in [0.25, 0.3) is 0 Å². The Morgan fingerprint density at radius 2 is 0.631 bits per heavy atom. The zero-order valence-electron chi connectivity index (χ0n) is 41.7. The van der Waals surface area contributed by atoms with Gasteiger partial charge in [0.05, 0.1) is 0 Å². The number of hydrogen-bond donors (Lipinski definition) is 0. The van der Waals surface area contributed by atoms with Crippen molar-refractivity contribution in [3.8, 4) is 0 Å². The van der Waals surface area contributed by atoms with Gasteiger partial charge in [-0.15, -0.1) is 0 Å². The summed E-state index contributed by atoms with van der Waals surface area (Å²) in [5, 5.41) is 0. The Balaban J connectivity index is 4.58. The van der Waals surface area contributed by atoms with Crippen molar-refractivity contribution < 1.29 is 28.6 Å². The SMILES string of the molecule is CC/C=C\C/C=C\C/C=C\C/C=C\CCCCC(=O)OC[C@H](COC(=O)CC/C=C\C/C=C\C/C=C\C/C=C\C/C=C\CCCCC)OC(=O)CCCCCCC/C=C\CCCCCC. The number of ether oxygens (including phenoxy) is 3. The van der Waals surface area contributed by atoms with E-state index in [1.54, 1.807) is 0 Å². The summed E-state index contributed by atoms with van der Waals surface area (Å²) in [7, 11) is 0. The molecule has 0 fully saturated rings. The Labute approximate surface area is 399 Å². The molecule has 0 saturated heterocycles. The zero-order chi connectivity index (χ0) is 47.2. The van der Waals surface area contributed by atoms with Crippen LogP contribution in [0.1, 0.15) is 213 Å². The molecule has 0 aromatic carbocycles. The highest BCUT2D eigenvalue weighted by Crippen LogP contribution is 2.12. The first-order valence-corrected chi connectivity index (χ1v) is 26.0. The molecule has 0 spiro atoms. The second-order valence-corrected chi connectivity index (χ2v) is 16.7. The summed E-state index contributed by atoms with van der Waals surface area (Å²) >= 11 is 0. The maximum atomic E-state index is 12.8. The van der Waals surface area contributed by atoms with Gasteiger partial charge in [-0.25, -0.2) is 0 Å². The second-order valence-electron chi connectivity index (χ2n) is 16.7. The molecule has 0 aromatic heterocycles. The van der Waals surface area contributed by atoms with Gasteiger partial charge < -0.3 is 14.2 Å². The molecular formula is C59H94O6. The molecule has 0 aromatic rings. The highest BCUT2D eigenvalue weighted by Gasteiger charge is 2.19. The average Bonchev–Trinajstić information content (AvgIpc) is 3.30. The Morgan fingerprint density at radius 1 is 0.323 bits per heavy atom. The molecule has 0 saturated carbocycles. The summed E-state index contributed by atoms with van der Waals surface area (Å²) in [5.74, 6) is -1.07. The summed E-state index contributed by atoms with van der Waals surface area (Å²) < 4.78 is 16.7.